The van der Waals surface area contributed by atoms with Gasteiger partial charge in [0.05, 0.1) is 19.4 Å². The molecule has 0 radical (unpaired) electrons. The van der Waals surface area contributed by atoms with Crippen LogP contribution in [0.5, 0.6) is 0 Å². The second-order valence-corrected chi connectivity index (χ2v) is 7.83. The van der Waals surface area contributed by atoms with E-state index in [1.165, 1.54) is 0 Å². The lowest BCUT2D eigenvalue weighted by Crippen LogP contribution is -2.37. The Labute approximate surface area is 196 Å². The molecule has 1 aliphatic heterocycles. The van der Waals surface area contributed by atoms with Crippen LogP contribution in [-0.2, 0) is 4.74 Å². The lowest BCUT2D eigenvalue weighted by Gasteiger charge is -2.27. The first kappa shape index (κ1) is 21.1. The normalized spacial score (nSPS) is 14.0. The van der Waals surface area contributed by atoms with Crippen LogP contribution in [0.2, 0.25) is 5.02 Å². The van der Waals surface area contributed by atoms with Gasteiger partial charge in [0.1, 0.15) is 0 Å². The average molecular weight is 460 g/mol. The first-order chi connectivity index (χ1) is 16.3. The number of benzene rings is 3. The van der Waals surface area contributed by atoms with Gasteiger partial charge in [0.2, 0.25) is 17.8 Å². The molecule has 0 bridgehead atoms. The molecule has 0 unspecified atom stereocenters. The number of fused-ring (bicyclic) bond motifs is 1. The maximum Gasteiger partial charge on any atom is 0.250 e. The van der Waals surface area contributed by atoms with Crippen LogP contribution in [0.4, 0.5) is 23.5 Å². The van der Waals surface area contributed by atoms with Crippen molar-refractivity contribution in [2.75, 3.05) is 41.9 Å². The summed E-state index contributed by atoms with van der Waals surface area (Å²) < 4.78 is 5.47. The topological polar surface area (TPSA) is 87.6 Å². The number of aromatic nitrogens is 3. The summed E-state index contributed by atoms with van der Waals surface area (Å²) in [6.45, 7) is 2.68. The van der Waals surface area contributed by atoms with Gasteiger partial charge in [-0.1, -0.05) is 66.2 Å². The third kappa shape index (κ3) is 5.02. The van der Waals surface area contributed by atoms with Gasteiger partial charge in [-0.2, -0.15) is 20.1 Å². The SMILES string of the molecule is Clc1ccccc1/C=N\Nc1nc(Nc2cccc3ccccc23)nc(N2CCOCC2)n1. The van der Waals surface area contributed by atoms with Gasteiger partial charge in [-0.3, -0.25) is 0 Å². The molecule has 1 saturated heterocycles. The average Bonchev–Trinajstić information content (AvgIpc) is 2.86. The van der Waals surface area contributed by atoms with Crippen molar-refractivity contribution in [1.82, 2.24) is 15.0 Å². The molecule has 0 spiro atoms. The predicted octanol–water partition coefficient (Wildman–Crippen LogP) is 4.70. The predicted molar refractivity (Wildman–Crippen MR) is 133 cm³/mol. The van der Waals surface area contributed by atoms with Crippen LogP contribution in [0.15, 0.2) is 71.8 Å². The van der Waals surface area contributed by atoms with Gasteiger partial charge in [0.25, 0.3) is 0 Å². The Morgan fingerprint density at radius 3 is 2.52 bits per heavy atom. The minimum Gasteiger partial charge on any atom is -0.378 e. The zero-order chi connectivity index (χ0) is 22.5. The van der Waals surface area contributed by atoms with Crippen molar-refractivity contribution in [1.29, 1.82) is 0 Å². The third-order valence-electron chi connectivity index (χ3n) is 5.23. The van der Waals surface area contributed by atoms with Crippen molar-refractivity contribution < 1.29 is 4.74 Å². The minimum atomic E-state index is 0.331. The maximum atomic E-state index is 6.21. The number of morpholine rings is 1. The molecule has 166 valence electrons. The lowest BCUT2D eigenvalue weighted by molar-refractivity contribution is 0.122. The summed E-state index contributed by atoms with van der Waals surface area (Å²) in [5, 5.41) is 10.5. The molecule has 3 aromatic carbocycles. The van der Waals surface area contributed by atoms with Gasteiger partial charge in [-0.05, 0) is 17.5 Å². The Kier molecular flexibility index (Phi) is 6.27. The molecule has 0 aliphatic carbocycles. The fourth-order valence-corrected chi connectivity index (χ4v) is 3.75. The highest BCUT2D eigenvalue weighted by atomic mass is 35.5. The van der Waals surface area contributed by atoms with E-state index in [0.29, 0.717) is 49.2 Å². The molecule has 2 N–H and O–H groups in total. The number of ether oxygens (including phenoxy) is 1. The molecule has 1 fully saturated rings. The molecule has 33 heavy (non-hydrogen) atoms. The number of hydrogen-bond donors (Lipinski definition) is 2. The van der Waals surface area contributed by atoms with Gasteiger partial charge in [-0.15, -0.1) is 0 Å². The fraction of sp³-hybridized carbons (Fsp3) is 0.167. The van der Waals surface area contributed by atoms with Crippen LogP contribution in [0.25, 0.3) is 10.8 Å². The molecule has 0 saturated carbocycles. The monoisotopic (exact) mass is 459 g/mol. The zero-order valence-electron chi connectivity index (χ0n) is 17.8. The van der Waals surface area contributed by atoms with Crippen LogP contribution in [0.1, 0.15) is 5.56 Å². The van der Waals surface area contributed by atoms with Crippen molar-refractivity contribution >= 4 is 52.1 Å². The number of hydrazone groups is 1. The van der Waals surface area contributed by atoms with E-state index in [0.717, 1.165) is 22.0 Å². The van der Waals surface area contributed by atoms with Gasteiger partial charge in [-0.25, -0.2) is 5.43 Å². The summed E-state index contributed by atoms with van der Waals surface area (Å²) in [5.74, 6) is 1.32. The zero-order valence-corrected chi connectivity index (χ0v) is 18.5. The summed E-state index contributed by atoms with van der Waals surface area (Å²) in [6, 6.07) is 21.7. The van der Waals surface area contributed by atoms with Crippen molar-refractivity contribution in [3.05, 3.63) is 77.3 Å². The van der Waals surface area contributed by atoms with Crippen LogP contribution >= 0.6 is 11.6 Å². The summed E-state index contributed by atoms with van der Waals surface area (Å²) in [4.78, 5) is 15.8. The number of anilines is 4. The van der Waals surface area contributed by atoms with E-state index in [9.17, 15) is 0 Å². The van der Waals surface area contributed by atoms with E-state index in [2.05, 4.69) is 53.9 Å². The van der Waals surface area contributed by atoms with Gasteiger partial charge >= 0.3 is 0 Å². The highest BCUT2D eigenvalue weighted by molar-refractivity contribution is 6.33. The fourth-order valence-electron chi connectivity index (χ4n) is 3.57. The summed E-state index contributed by atoms with van der Waals surface area (Å²) in [5.41, 5.74) is 4.62. The maximum absolute atomic E-state index is 6.21. The van der Waals surface area contributed by atoms with E-state index in [-0.39, 0.29) is 0 Å². The summed E-state index contributed by atoms with van der Waals surface area (Å²) in [7, 11) is 0. The lowest BCUT2D eigenvalue weighted by atomic mass is 10.1. The van der Waals surface area contributed by atoms with Crippen LogP contribution in [0, 0.1) is 0 Å². The van der Waals surface area contributed by atoms with Crippen molar-refractivity contribution in [2.45, 2.75) is 0 Å². The molecule has 5 rings (SSSR count). The van der Waals surface area contributed by atoms with Crippen molar-refractivity contribution in [3.8, 4) is 0 Å². The van der Waals surface area contributed by atoms with Crippen LogP contribution in [-0.4, -0.2) is 47.5 Å². The summed E-state index contributed by atoms with van der Waals surface area (Å²) >= 11 is 6.21. The highest BCUT2D eigenvalue weighted by Gasteiger charge is 2.17. The molecule has 0 amide bonds. The minimum absolute atomic E-state index is 0.331. The molecular formula is C24H22ClN7O. The molecule has 1 aliphatic rings. The molecule has 9 heteroatoms. The molecule has 0 atom stereocenters. The number of nitrogens with zero attached hydrogens (tertiary/aromatic N) is 5. The Balaban J connectivity index is 1.45. The van der Waals surface area contributed by atoms with Crippen LogP contribution in [0.3, 0.4) is 0 Å². The second kappa shape index (κ2) is 9.81. The highest BCUT2D eigenvalue weighted by Crippen LogP contribution is 2.26. The van der Waals surface area contributed by atoms with Crippen molar-refractivity contribution in [2.24, 2.45) is 5.10 Å². The molecule has 8 nitrogen and oxygen atoms in total. The Bertz CT molecular complexity index is 1290. The molecule has 2 heterocycles. The van der Waals surface area contributed by atoms with Gasteiger partial charge < -0.3 is 15.0 Å². The van der Waals surface area contributed by atoms with E-state index < -0.39 is 0 Å². The Morgan fingerprint density at radius 2 is 1.64 bits per heavy atom. The first-order valence-electron chi connectivity index (χ1n) is 10.6. The Morgan fingerprint density at radius 1 is 0.879 bits per heavy atom. The summed E-state index contributed by atoms with van der Waals surface area (Å²) in [6.07, 6.45) is 1.64. The molecule has 1 aromatic heterocycles. The third-order valence-corrected chi connectivity index (χ3v) is 5.57. The van der Waals surface area contributed by atoms with Gasteiger partial charge in [0.15, 0.2) is 0 Å². The number of halogens is 1. The van der Waals surface area contributed by atoms with Crippen LogP contribution < -0.4 is 15.6 Å². The van der Waals surface area contributed by atoms with E-state index in [1.54, 1.807) is 6.21 Å². The largest absolute Gasteiger partial charge is 0.378 e. The second-order valence-electron chi connectivity index (χ2n) is 7.43. The number of rotatable bonds is 6. The smallest absolute Gasteiger partial charge is 0.250 e. The molecule has 4 aromatic rings. The molecular weight excluding hydrogens is 438 g/mol. The first-order valence-corrected chi connectivity index (χ1v) is 11.0. The van der Waals surface area contributed by atoms with E-state index in [4.69, 9.17) is 16.3 Å². The number of hydrogen-bond acceptors (Lipinski definition) is 8. The Hall–Kier alpha value is -3.75. The standard InChI is InChI=1S/C24H22ClN7O/c25-20-10-4-2-7-18(20)16-26-31-23-28-22(29-24(30-23)32-12-14-33-15-13-32)27-21-11-5-8-17-6-1-3-9-19(17)21/h1-11,16H,12-15H2,(H2,27,28,29,30,31)/b26-16-. The number of nitrogens with one attached hydrogen (secondary N) is 2. The van der Waals surface area contributed by atoms with E-state index >= 15 is 0 Å². The van der Waals surface area contributed by atoms with Crippen molar-refractivity contribution in [3.63, 3.8) is 0 Å². The van der Waals surface area contributed by atoms with E-state index in [1.807, 2.05) is 48.5 Å². The quantitative estimate of drug-likeness (QED) is 0.319. The van der Waals surface area contributed by atoms with Gasteiger partial charge in [0, 0.05) is 34.7 Å².